The number of hydrogen-bond donors (Lipinski definition) is 1. The molecule has 2 aromatic carbocycles. The van der Waals surface area contributed by atoms with Crippen LogP contribution in [-0.2, 0) is 21.2 Å². The Labute approximate surface area is 167 Å². The van der Waals surface area contributed by atoms with Crippen LogP contribution in [0.15, 0.2) is 41.3 Å². The maximum atomic E-state index is 12.9. The fraction of sp³-hybridized carbons (Fsp3) is 0.381. The normalized spacial score (nSPS) is 11.5. The monoisotopic (exact) mass is 404 g/mol. The first kappa shape index (κ1) is 21.9. The third kappa shape index (κ3) is 4.91. The first-order valence-electron chi connectivity index (χ1n) is 9.27. The molecule has 1 N–H and O–H groups in total. The van der Waals surface area contributed by atoms with E-state index in [1.165, 1.54) is 10.4 Å². The molecule has 0 unspecified atom stereocenters. The second-order valence-electron chi connectivity index (χ2n) is 6.61. The topological polar surface area (TPSA) is 75.7 Å². The van der Waals surface area contributed by atoms with Gasteiger partial charge in [-0.25, -0.2) is 8.42 Å². The molecule has 0 heterocycles. The number of nitrogens with one attached hydrogen (secondary N) is 1. The molecule has 0 spiro atoms. The molecule has 1 amide bonds. The third-order valence-corrected chi connectivity index (χ3v) is 6.77. The molecular weight excluding hydrogens is 376 g/mol. The molecule has 0 aliphatic carbocycles. The van der Waals surface area contributed by atoms with Crippen LogP contribution >= 0.6 is 0 Å². The maximum Gasteiger partial charge on any atom is 0.243 e. The number of carbonyl (C=O) groups excluding carboxylic acids is 1. The Morgan fingerprint density at radius 3 is 2.36 bits per heavy atom. The van der Waals surface area contributed by atoms with Crippen LogP contribution in [0.4, 0.5) is 5.69 Å². The fourth-order valence-electron chi connectivity index (χ4n) is 3.08. The van der Waals surface area contributed by atoms with Gasteiger partial charge in [-0.1, -0.05) is 37.6 Å². The zero-order valence-corrected chi connectivity index (χ0v) is 17.9. The Balaban J connectivity index is 2.26. The summed E-state index contributed by atoms with van der Waals surface area (Å²) >= 11 is 0. The molecule has 7 heteroatoms. The molecule has 0 saturated heterocycles. The van der Waals surface area contributed by atoms with E-state index < -0.39 is 10.0 Å². The molecule has 152 valence electrons. The molecule has 0 fully saturated rings. The number of sulfonamides is 1. The lowest BCUT2D eigenvalue weighted by Crippen LogP contribution is -2.31. The Bertz CT molecular complexity index is 951. The Morgan fingerprint density at radius 2 is 1.75 bits per heavy atom. The third-order valence-electron chi connectivity index (χ3n) is 4.58. The quantitative estimate of drug-likeness (QED) is 0.730. The Morgan fingerprint density at radius 1 is 1.07 bits per heavy atom. The highest BCUT2D eigenvalue weighted by atomic mass is 32.2. The van der Waals surface area contributed by atoms with Crippen molar-refractivity contribution in [3.63, 3.8) is 0 Å². The number of rotatable bonds is 8. The van der Waals surface area contributed by atoms with Gasteiger partial charge in [-0.15, -0.1) is 0 Å². The lowest BCUT2D eigenvalue weighted by Gasteiger charge is -2.20. The number of benzene rings is 2. The van der Waals surface area contributed by atoms with Gasteiger partial charge < -0.3 is 10.1 Å². The van der Waals surface area contributed by atoms with Crippen molar-refractivity contribution in [2.45, 2.75) is 39.0 Å². The highest BCUT2D eigenvalue weighted by molar-refractivity contribution is 7.89. The Kier molecular flexibility index (Phi) is 7.21. The van der Waals surface area contributed by atoms with Crippen LogP contribution in [-0.4, -0.2) is 38.8 Å². The number of anilines is 1. The lowest BCUT2D eigenvalue weighted by atomic mass is 10.1. The van der Waals surface area contributed by atoms with Crippen molar-refractivity contribution in [2.75, 3.05) is 25.5 Å². The smallest absolute Gasteiger partial charge is 0.243 e. The summed E-state index contributed by atoms with van der Waals surface area (Å²) < 4.78 is 32.4. The van der Waals surface area contributed by atoms with Crippen LogP contribution in [0.5, 0.6) is 5.75 Å². The van der Waals surface area contributed by atoms with Gasteiger partial charge >= 0.3 is 0 Å². The molecule has 0 saturated carbocycles. The van der Waals surface area contributed by atoms with Gasteiger partial charge in [-0.2, -0.15) is 4.31 Å². The molecule has 0 aromatic heterocycles. The van der Waals surface area contributed by atoms with E-state index in [0.29, 0.717) is 30.1 Å². The molecule has 28 heavy (non-hydrogen) atoms. The molecule has 6 nitrogen and oxygen atoms in total. The van der Waals surface area contributed by atoms with E-state index >= 15 is 0 Å². The van der Waals surface area contributed by atoms with Crippen LogP contribution in [0.25, 0.3) is 0 Å². The van der Waals surface area contributed by atoms with Crippen molar-refractivity contribution in [2.24, 2.45) is 0 Å². The zero-order chi connectivity index (χ0) is 20.9. The van der Waals surface area contributed by atoms with Crippen molar-refractivity contribution in [1.82, 2.24) is 4.31 Å². The van der Waals surface area contributed by atoms with Crippen LogP contribution in [0.3, 0.4) is 0 Å². The van der Waals surface area contributed by atoms with Gasteiger partial charge in [0, 0.05) is 24.3 Å². The lowest BCUT2D eigenvalue weighted by molar-refractivity contribution is -0.115. The molecule has 0 bridgehead atoms. The minimum atomic E-state index is -3.60. The number of amides is 1. The van der Waals surface area contributed by atoms with Crippen LogP contribution < -0.4 is 10.1 Å². The molecule has 0 radical (unpaired) electrons. The molecule has 0 aliphatic rings. The van der Waals surface area contributed by atoms with Crippen LogP contribution in [0.2, 0.25) is 0 Å². The summed E-state index contributed by atoms with van der Waals surface area (Å²) in [6, 6.07) is 10.6. The zero-order valence-electron chi connectivity index (χ0n) is 17.1. The first-order chi connectivity index (χ1) is 13.2. The van der Waals surface area contributed by atoms with Gasteiger partial charge in [-0.05, 0) is 37.6 Å². The number of hydrogen-bond acceptors (Lipinski definition) is 4. The number of carbonyl (C=O) groups is 1. The highest BCUT2D eigenvalue weighted by Crippen LogP contribution is 2.25. The summed E-state index contributed by atoms with van der Waals surface area (Å²) in [6.07, 6.45) is 0.136. The fourth-order valence-corrected chi connectivity index (χ4v) is 4.79. The van der Waals surface area contributed by atoms with Gasteiger partial charge in [0.05, 0.1) is 18.4 Å². The van der Waals surface area contributed by atoms with Gasteiger partial charge in [-0.3, -0.25) is 4.79 Å². The van der Waals surface area contributed by atoms with E-state index in [-0.39, 0.29) is 17.2 Å². The van der Waals surface area contributed by atoms with Crippen molar-refractivity contribution < 1.29 is 17.9 Å². The second-order valence-corrected chi connectivity index (χ2v) is 8.52. The summed E-state index contributed by atoms with van der Waals surface area (Å²) in [4.78, 5) is 12.7. The summed E-state index contributed by atoms with van der Waals surface area (Å²) in [6.45, 7) is 8.09. The SMILES string of the molecule is CCN(CC)S(=O)(=O)c1cc(NC(=O)Cc2cc(C)ccc2OC)ccc1C. The first-order valence-corrected chi connectivity index (χ1v) is 10.7. The van der Waals surface area contributed by atoms with Gasteiger partial charge in [0.2, 0.25) is 15.9 Å². The maximum absolute atomic E-state index is 12.9. The average Bonchev–Trinajstić information content (AvgIpc) is 2.64. The molecule has 0 aliphatic heterocycles. The summed E-state index contributed by atoms with van der Waals surface area (Å²) in [5, 5.41) is 2.80. The van der Waals surface area contributed by atoms with E-state index in [2.05, 4.69) is 5.32 Å². The van der Waals surface area contributed by atoms with Gasteiger partial charge in [0.15, 0.2) is 0 Å². The van der Waals surface area contributed by atoms with E-state index in [1.807, 2.05) is 25.1 Å². The summed E-state index contributed by atoms with van der Waals surface area (Å²) in [7, 11) is -2.04. The Hall–Kier alpha value is -2.38. The van der Waals surface area contributed by atoms with E-state index in [0.717, 1.165) is 11.1 Å². The standard InChI is InChI=1S/C21H28N2O4S/c1-6-23(7-2)28(25,26)20-14-18(10-9-16(20)4)22-21(24)13-17-12-15(3)8-11-19(17)27-5/h8-12,14H,6-7,13H2,1-5H3,(H,22,24). The van der Waals surface area contributed by atoms with Crippen molar-refractivity contribution in [3.05, 3.63) is 53.1 Å². The minimum absolute atomic E-state index is 0.136. The van der Waals surface area contributed by atoms with Crippen LogP contribution in [0, 0.1) is 13.8 Å². The van der Waals surface area contributed by atoms with Gasteiger partial charge in [0.1, 0.15) is 5.75 Å². The van der Waals surface area contributed by atoms with Crippen LogP contribution in [0.1, 0.15) is 30.5 Å². The van der Waals surface area contributed by atoms with Crippen molar-refractivity contribution in [1.29, 1.82) is 0 Å². The van der Waals surface area contributed by atoms with Gasteiger partial charge in [0.25, 0.3) is 0 Å². The minimum Gasteiger partial charge on any atom is -0.496 e. The second kappa shape index (κ2) is 9.21. The summed E-state index contributed by atoms with van der Waals surface area (Å²) in [5.74, 6) is 0.411. The van der Waals surface area contributed by atoms with Crippen molar-refractivity contribution in [3.8, 4) is 5.75 Å². The largest absolute Gasteiger partial charge is 0.496 e. The van der Waals surface area contributed by atoms with Crippen molar-refractivity contribution >= 4 is 21.6 Å². The molecule has 2 rings (SSSR count). The predicted octanol–water partition coefficient (Wildman–Crippen LogP) is 3.52. The average molecular weight is 405 g/mol. The van der Waals surface area contributed by atoms with E-state index in [9.17, 15) is 13.2 Å². The molecule has 0 atom stereocenters. The predicted molar refractivity (Wildman–Crippen MR) is 111 cm³/mol. The molecular formula is C21H28N2O4S. The molecule has 2 aromatic rings. The number of aryl methyl sites for hydroxylation is 2. The summed E-state index contributed by atoms with van der Waals surface area (Å²) in [5.41, 5.74) is 2.91. The van der Waals surface area contributed by atoms with E-state index in [4.69, 9.17) is 4.74 Å². The number of ether oxygens (including phenoxy) is 1. The number of methoxy groups -OCH3 is 1. The van der Waals surface area contributed by atoms with E-state index in [1.54, 1.807) is 40.0 Å². The highest BCUT2D eigenvalue weighted by Gasteiger charge is 2.24. The number of nitrogens with zero attached hydrogens (tertiary/aromatic N) is 1.